The molecule has 0 fully saturated rings. The summed E-state index contributed by atoms with van der Waals surface area (Å²) in [4.78, 5) is 0. The maximum Gasteiger partial charge on any atom is 0.149 e. The van der Waals surface area contributed by atoms with Gasteiger partial charge in [0.1, 0.15) is 9.84 Å². The van der Waals surface area contributed by atoms with E-state index in [9.17, 15) is 8.42 Å². The number of anilines is 1. The van der Waals surface area contributed by atoms with Crippen molar-refractivity contribution in [2.75, 3.05) is 17.7 Å². The van der Waals surface area contributed by atoms with Gasteiger partial charge in [-0.1, -0.05) is 20.8 Å². The number of nitrogens with zero attached hydrogens (tertiary/aromatic N) is 2. The first-order chi connectivity index (χ1) is 7.09. The molecule has 0 amide bonds. The van der Waals surface area contributed by atoms with Gasteiger partial charge >= 0.3 is 0 Å². The van der Waals surface area contributed by atoms with E-state index in [1.165, 1.54) is 6.26 Å². The van der Waals surface area contributed by atoms with Crippen molar-refractivity contribution in [1.82, 2.24) is 9.78 Å². The molecule has 0 bridgehead atoms. The van der Waals surface area contributed by atoms with E-state index < -0.39 is 9.84 Å². The van der Waals surface area contributed by atoms with Crippen LogP contribution in [0.5, 0.6) is 0 Å². The second-order valence-electron chi connectivity index (χ2n) is 5.08. The second kappa shape index (κ2) is 4.08. The van der Waals surface area contributed by atoms with Crippen molar-refractivity contribution in [1.29, 1.82) is 0 Å². The van der Waals surface area contributed by atoms with E-state index in [0.29, 0.717) is 12.2 Å². The third-order valence-electron chi connectivity index (χ3n) is 2.19. The highest BCUT2D eigenvalue weighted by Crippen LogP contribution is 2.25. The van der Waals surface area contributed by atoms with Crippen molar-refractivity contribution in [3.8, 4) is 0 Å². The molecule has 1 heterocycles. The standard InChI is InChI=1S/C10H19N3O2S/c1-10(2,3)9-8(11)7-13(12-9)5-6-16(4,14)15/h7H,5-6,11H2,1-4H3. The molecule has 0 atom stereocenters. The second-order valence-corrected chi connectivity index (χ2v) is 7.34. The Labute approximate surface area is 96.6 Å². The Bertz CT molecular complexity index is 469. The molecular weight excluding hydrogens is 226 g/mol. The van der Waals surface area contributed by atoms with E-state index in [-0.39, 0.29) is 11.2 Å². The molecule has 0 spiro atoms. The molecule has 1 aromatic rings. The molecule has 1 rings (SSSR count). The number of hydrogen-bond acceptors (Lipinski definition) is 4. The van der Waals surface area contributed by atoms with Crippen LogP contribution < -0.4 is 5.73 Å². The van der Waals surface area contributed by atoms with Crippen LogP contribution in [-0.2, 0) is 21.8 Å². The predicted molar refractivity (Wildman–Crippen MR) is 65.1 cm³/mol. The molecule has 0 aliphatic carbocycles. The summed E-state index contributed by atoms with van der Waals surface area (Å²) in [5.41, 5.74) is 7.13. The lowest BCUT2D eigenvalue weighted by atomic mass is 9.92. The van der Waals surface area contributed by atoms with Gasteiger partial charge in [-0.15, -0.1) is 0 Å². The van der Waals surface area contributed by atoms with Crippen LogP contribution in [0.3, 0.4) is 0 Å². The maximum atomic E-state index is 11.0. The minimum Gasteiger partial charge on any atom is -0.396 e. The van der Waals surface area contributed by atoms with Gasteiger partial charge in [0.25, 0.3) is 0 Å². The van der Waals surface area contributed by atoms with Gasteiger partial charge in [-0.3, -0.25) is 4.68 Å². The average molecular weight is 245 g/mol. The molecule has 92 valence electrons. The lowest BCUT2D eigenvalue weighted by Gasteiger charge is -2.15. The van der Waals surface area contributed by atoms with Crippen LogP contribution in [0.1, 0.15) is 26.5 Å². The summed E-state index contributed by atoms with van der Waals surface area (Å²) in [6.45, 7) is 6.41. The zero-order valence-electron chi connectivity index (χ0n) is 10.2. The van der Waals surface area contributed by atoms with Crippen molar-refractivity contribution < 1.29 is 8.42 Å². The number of nitrogen functional groups attached to an aromatic ring is 1. The molecule has 0 aliphatic heterocycles. The predicted octanol–water partition coefficient (Wildman–Crippen LogP) is 0.807. The lowest BCUT2D eigenvalue weighted by Crippen LogP contribution is -2.16. The highest BCUT2D eigenvalue weighted by molar-refractivity contribution is 7.90. The van der Waals surface area contributed by atoms with Gasteiger partial charge in [-0.25, -0.2) is 8.42 Å². The smallest absolute Gasteiger partial charge is 0.149 e. The summed E-state index contributed by atoms with van der Waals surface area (Å²) in [5.74, 6) is 0.0811. The van der Waals surface area contributed by atoms with Gasteiger partial charge in [0.2, 0.25) is 0 Å². The van der Waals surface area contributed by atoms with E-state index in [1.807, 2.05) is 20.8 Å². The lowest BCUT2D eigenvalue weighted by molar-refractivity contribution is 0.539. The normalized spacial score (nSPS) is 13.0. The zero-order chi connectivity index (χ0) is 12.6. The van der Waals surface area contributed by atoms with Gasteiger partial charge in [0.15, 0.2) is 0 Å². The molecule has 1 aromatic heterocycles. The minimum atomic E-state index is -2.96. The number of aromatic nitrogens is 2. The van der Waals surface area contributed by atoms with E-state index in [4.69, 9.17) is 5.73 Å². The quantitative estimate of drug-likeness (QED) is 0.854. The number of aryl methyl sites for hydroxylation is 1. The van der Waals surface area contributed by atoms with Crippen LogP contribution in [0.4, 0.5) is 5.69 Å². The topological polar surface area (TPSA) is 78.0 Å². The van der Waals surface area contributed by atoms with E-state index in [0.717, 1.165) is 5.69 Å². The zero-order valence-corrected chi connectivity index (χ0v) is 11.0. The summed E-state index contributed by atoms with van der Waals surface area (Å²) >= 11 is 0. The largest absolute Gasteiger partial charge is 0.396 e. The number of hydrogen-bond donors (Lipinski definition) is 1. The van der Waals surface area contributed by atoms with Crippen molar-refractivity contribution in [2.24, 2.45) is 0 Å². The van der Waals surface area contributed by atoms with E-state index in [2.05, 4.69) is 5.10 Å². The SMILES string of the molecule is CC(C)(C)c1nn(CCS(C)(=O)=O)cc1N. The van der Waals surface area contributed by atoms with Crippen molar-refractivity contribution >= 4 is 15.5 Å². The van der Waals surface area contributed by atoms with E-state index in [1.54, 1.807) is 10.9 Å². The highest BCUT2D eigenvalue weighted by atomic mass is 32.2. The average Bonchev–Trinajstić information content (AvgIpc) is 2.41. The Balaban J connectivity index is 2.86. The summed E-state index contributed by atoms with van der Waals surface area (Å²) in [7, 11) is -2.96. The fraction of sp³-hybridized carbons (Fsp3) is 0.700. The fourth-order valence-electron chi connectivity index (χ4n) is 1.39. The van der Waals surface area contributed by atoms with Crippen LogP contribution in [-0.4, -0.2) is 30.2 Å². The minimum absolute atomic E-state index is 0.0811. The van der Waals surface area contributed by atoms with Crippen molar-refractivity contribution in [3.63, 3.8) is 0 Å². The first-order valence-electron chi connectivity index (χ1n) is 5.11. The van der Waals surface area contributed by atoms with Crippen LogP contribution >= 0.6 is 0 Å². The Kier molecular flexibility index (Phi) is 3.33. The Morgan fingerprint density at radius 2 is 2.00 bits per heavy atom. The molecule has 0 saturated heterocycles. The van der Waals surface area contributed by atoms with Crippen LogP contribution in [0, 0.1) is 0 Å². The van der Waals surface area contributed by atoms with E-state index >= 15 is 0 Å². The van der Waals surface area contributed by atoms with Gasteiger partial charge in [0.05, 0.1) is 23.7 Å². The number of nitrogens with two attached hydrogens (primary N) is 1. The van der Waals surface area contributed by atoms with Crippen LogP contribution in [0.2, 0.25) is 0 Å². The Hall–Kier alpha value is -1.04. The summed E-state index contributed by atoms with van der Waals surface area (Å²) in [6.07, 6.45) is 2.90. The first kappa shape index (κ1) is 13.0. The Morgan fingerprint density at radius 1 is 1.44 bits per heavy atom. The third kappa shape index (κ3) is 3.52. The molecule has 5 nitrogen and oxygen atoms in total. The van der Waals surface area contributed by atoms with Gasteiger partial charge in [0, 0.05) is 17.9 Å². The van der Waals surface area contributed by atoms with Gasteiger partial charge in [-0.2, -0.15) is 5.10 Å². The molecule has 0 aromatic carbocycles. The molecule has 2 N–H and O–H groups in total. The number of rotatable bonds is 3. The van der Waals surface area contributed by atoms with Gasteiger partial charge < -0.3 is 5.73 Å². The summed E-state index contributed by atoms with van der Waals surface area (Å²) in [5, 5.41) is 4.31. The molecule has 16 heavy (non-hydrogen) atoms. The molecule has 0 aliphatic rings. The summed E-state index contributed by atoms with van der Waals surface area (Å²) < 4.78 is 23.6. The molecule has 0 unspecified atom stereocenters. The molecule has 0 radical (unpaired) electrons. The highest BCUT2D eigenvalue weighted by Gasteiger charge is 2.21. The monoisotopic (exact) mass is 245 g/mol. The van der Waals surface area contributed by atoms with Gasteiger partial charge in [-0.05, 0) is 0 Å². The number of sulfone groups is 1. The van der Waals surface area contributed by atoms with Crippen molar-refractivity contribution in [3.05, 3.63) is 11.9 Å². The molecule has 0 saturated carbocycles. The maximum absolute atomic E-state index is 11.0. The third-order valence-corrected chi connectivity index (χ3v) is 3.12. The van der Waals surface area contributed by atoms with Crippen molar-refractivity contribution in [2.45, 2.75) is 32.7 Å². The van der Waals surface area contributed by atoms with Crippen LogP contribution in [0.15, 0.2) is 6.20 Å². The first-order valence-corrected chi connectivity index (χ1v) is 7.17. The summed E-state index contributed by atoms with van der Waals surface area (Å²) in [6, 6.07) is 0. The molecule has 6 heteroatoms. The fourth-order valence-corrected chi connectivity index (χ4v) is 1.91. The Morgan fingerprint density at radius 3 is 2.38 bits per heavy atom. The van der Waals surface area contributed by atoms with Crippen LogP contribution in [0.25, 0.3) is 0 Å². The molecular formula is C10H19N3O2S.